The van der Waals surface area contributed by atoms with E-state index in [2.05, 4.69) is 21.1 Å². The summed E-state index contributed by atoms with van der Waals surface area (Å²) in [6.45, 7) is 0.282. The zero-order valence-corrected chi connectivity index (χ0v) is 9.73. The Labute approximate surface area is 99.5 Å². The Morgan fingerprint density at radius 1 is 1.25 bits per heavy atom. The predicted octanol–water partition coefficient (Wildman–Crippen LogP) is 2.08. The van der Waals surface area contributed by atoms with Gasteiger partial charge in [-0.25, -0.2) is 0 Å². The molecule has 0 bridgehead atoms. The summed E-state index contributed by atoms with van der Waals surface area (Å²) in [6, 6.07) is 4.49. The second-order valence-electron chi connectivity index (χ2n) is 3.24. The number of fused-ring (bicyclic) bond motifs is 1. The van der Waals surface area contributed by atoms with Gasteiger partial charge in [0.1, 0.15) is 5.69 Å². The van der Waals surface area contributed by atoms with E-state index >= 15 is 0 Å². The van der Waals surface area contributed by atoms with E-state index in [1.807, 2.05) is 0 Å². The van der Waals surface area contributed by atoms with Crippen LogP contribution in [0.15, 0.2) is 23.4 Å². The standard InChI is InChI=1S/C10H7BrN2O3/c11-4-5-13-9(14)6-2-1-3-7(12-16)8(6)10(13)15/h1-3H,4-5H2. The highest BCUT2D eigenvalue weighted by Gasteiger charge is 2.37. The average molecular weight is 283 g/mol. The number of carbonyl (C=O) groups is 2. The molecule has 0 unspecified atom stereocenters. The number of hydrogen-bond donors (Lipinski definition) is 0. The maximum absolute atomic E-state index is 11.9. The van der Waals surface area contributed by atoms with Crippen molar-refractivity contribution in [2.75, 3.05) is 11.9 Å². The van der Waals surface area contributed by atoms with Gasteiger partial charge in [-0.15, -0.1) is 4.91 Å². The predicted molar refractivity (Wildman–Crippen MR) is 61.1 cm³/mol. The fourth-order valence-electron chi connectivity index (χ4n) is 1.68. The van der Waals surface area contributed by atoms with Crippen molar-refractivity contribution in [1.29, 1.82) is 0 Å². The lowest BCUT2D eigenvalue weighted by Crippen LogP contribution is -2.31. The Kier molecular flexibility index (Phi) is 2.82. The molecule has 1 aromatic rings. The number of benzene rings is 1. The molecule has 16 heavy (non-hydrogen) atoms. The van der Waals surface area contributed by atoms with E-state index in [0.717, 1.165) is 4.90 Å². The second kappa shape index (κ2) is 4.13. The van der Waals surface area contributed by atoms with Gasteiger partial charge in [0.25, 0.3) is 11.8 Å². The van der Waals surface area contributed by atoms with Crippen molar-refractivity contribution in [2.24, 2.45) is 5.18 Å². The van der Waals surface area contributed by atoms with Crippen LogP contribution in [0.4, 0.5) is 5.69 Å². The summed E-state index contributed by atoms with van der Waals surface area (Å²) in [4.78, 5) is 35.3. The van der Waals surface area contributed by atoms with Crippen LogP contribution >= 0.6 is 15.9 Å². The number of imide groups is 1. The molecular weight excluding hydrogens is 276 g/mol. The van der Waals surface area contributed by atoms with Crippen LogP contribution in [-0.4, -0.2) is 28.6 Å². The minimum absolute atomic E-state index is 0.0212. The first-order valence-corrected chi connectivity index (χ1v) is 5.71. The molecule has 0 radical (unpaired) electrons. The molecule has 1 heterocycles. The highest BCUT2D eigenvalue weighted by atomic mass is 79.9. The number of amides is 2. The van der Waals surface area contributed by atoms with Crippen molar-refractivity contribution in [2.45, 2.75) is 0 Å². The molecule has 0 saturated carbocycles. The van der Waals surface area contributed by atoms with Crippen molar-refractivity contribution in [3.05, 3.63) is 34.2 Å². The van der Waals surface area contributed by atoms with Gasteiger partial charge in [0, 0.05) is 11.9 Å². The third-order valence-corrected chi connectivity index (χ3v) is 2.74. The summed E-state index contributed by atoms with van der Waals surface area (Å²) in [5.74, 6) is -0.820. The van der Waals surface area contributed by atoms with E-state index in [1.54, 1.807) is 6.07 Å². The van der Waals surface area contributed by atoms with Crippen LogP contribution in [0.5, 0.6) is 0 Å². The molecule has 0 atom stereocenters. The van der Waals surface area contributed by atoms with Crippen molar-refractivity contribution in [1.82, 2.24) is 4.90 Å². The Balaban J connectivity index is 2.55. The molecular formula is C10H7BrN2O3. The molecule has 0 aromatic heterocycles. The van der Waals surface area contributed by atoms with Crippen LogP contribution < -0.4 is 0 Å². The Hall–Kier alpha value is -1.56. The topological polar surface area (TPSA) is 66.8 Å². The molecule has 5 nitrogen and oxygen atoms in total. The summed E-state index contributed by atoms with van der Waals surface area (Å²) in [7, 11) is 0. The number of alkyl halides is 1. The fraction of sp³-hybridized carbons (Fsp3) is 0.200. The van der Waals surface area contributed by atoms with Crippen LogP contribution in [-0.2, 0) is 0 Å². The summed E-state index contributed by atoms with van der Waals surface area (Å²) >= 11 is 3.16. The minimum atomic E-state index is -0.449. The van der Waals surface area contributed by atoms with E-state index in [9.17, 15) is 14.5 Å². The van der Waals surface area contributed by atoms with E-state index < -0.39 is 5.91 Å². The summed E-state index contributed by atoms with van der Waals surface area (Å²) < 4.78 is 0. The molecule has 0 spiro atoms. The zero-order chi connectivity index (χ0) is 11.7. The van der Waals surface area contributed by atoms with E-state index in [-0.39, 0.29) is 29.3 Å². The molecule has 1 aliphatic rings. The van der Waals surface area contributed by atoms with Gasteiger partial charge >= 0.3 is 0 Å². The first-order chi connectivity index (χ1) is 7.70. The maximum Gasteiger partial charge on any atom is 0.263 e. The zero-order valence-electron chi connectivity index (χ0n) is 8.14. The lowest BCUT2D eigenvalue weighted by Gasteiger charge is -2.10. The number of halogens is 1. The van der Waals surface area contributed by atoms with Gasteiger partial charge in [0.05, 0.1) is 11.1 Å². The smallest absolute Gasteiger partial charge is 0.263 e. The van der Waals surface area contributed by atoms with Crippen LogP contribution in [0.3, 0.4) is 0 Å². The van der Waals surface area contributed by atoms with Gasteiger partial charge in [-0.3, -0.25) is 14.5 Å². The molecule has 2 amide bonds. The minimum Gasteiger partial charge on any atom is -0.273 e. The summed E-state index contributed by atoms with van der Waals surface area (Å²) in [5, 5.41) is 3.26. The molecule has 1 aliphatic heterocycles. The van der Waals surface area contributed by atoms with Crippen molar-refractivity contribution < 1.29 is 9.59 Å². The molecule has 0 aliphatic carbocycles. The van der Waals surface area contributed by atoms with Gasteiger partial charge in [-0.05, 0) is 17.3 Å². The van der Waals surface area contributed by atoms with Gasteiger partial charge < -0.3 is 0 Å². The van der Waals surface area contributed by atoms with E-state index in [0.29, 0.717) is 5.33 Å². The lowest BCUT2D eigenvalue weighted by molar-refractivity contribution is 0.0665. The second-order valence-corrected chi connectivity index (χ2v) is 4.03. The average Bonchev–Trinajstić information content (AvgIpc) is 2.55. The SMILES string of the molecule is O=Nc1cccc2c1C(=O)N(CCBr)C2=O. The van der Waals surface area contributed by atoms with E-state index in [1.165, 1.54) is 12.1 Å². The monoisotopic (exact) mass is 282 g/mol. The van der Waals surface area contributed by atoms with Crippen molar-refractivity contribution >= 4 is 33.4 Å². The largest absolute Gasteiger partial charge is 0.273 e. The number of nitroso groups, excluding NO2 is 1. The molecule has 82 valence electrons. The van der Waals surface area contributed by atoms with Crippen LogP contribution in [0.2, 0.25) is 0 Å². The number of hydrogen-bond acceptors (Lipinski definition) is 4. The van der Waals surface area contributed by atoms with Gasteiger partial charge in [-0.2, -0.15) is 0 Å². The van der Waals surface area contributed by atoms with Gasteiger partial charge in [-0.1, -0.05) is 22.0 Å². The highest BCUT2D eigenvalue weighted by Crippen LogP contribution is 2.30. The van der Waals surface area contributed by atoms with Gasteiger partial charge in [0.15, 0.2) is 0 Å². The highest BCUT2D eigenvalue weighted by molar-refractivity contribution is 9.09. The summed E-state index contributed by atoms with van der Waals surface area (Å²) in [6.07, 6.45) is 0. The lowest BCUT2D eigenvalue weighted by atomic mass is 10.1. The quantitative estimate of drug-likeness (QED) is 0.484. The first kappa shape index (κ1) is 10.9. The van der Waals surface area contributed by atoms with Crippen LogP contribution in [0.1, 0.15) is 20.7 Å². The fourth-order valence-corrected chi connectivity index (χ4v) is 2.03. The number of carbonyl (C=O) groups excluding carboxylic acids is 2. The number of rotatable bonds is 3. The van der Waals surface area contributed by atoms with Crippen molar-refractivity contribution in [3.63, 3.8) is 0 Å². The normalized spacial score (nSPS) is 14.2. The summed E-state index contributed by atoms with van der Waals surface area (Å²) in [5.41, 5.74) is 0.388. The van der Waals surface area contributed by atoms with Crippen LogP contribution in [0.25, 0.3) is 0 Å². The molecule has 0 saturated heterocycles. The number of nitrogens with zero attached hydrogens (tertiary/aromatic N) is 2. The molecule has 1 aromatic carbocycles. The first-order valence-electron chi connectivity index (χ1n) is 4.59. The maximum atomic E-state index is 11.9. The van der Waals surface area contributed by atoms with Gasteiger partial charge in [0.2, 0.25) is 0 Å². The third-order valence-electron chi connectivity index (χ3n) is 2.38. The Bertz CT molecular complexity index is 487. The molecule has 6 heteroatoms. The van der Waals surface area contributed by atoms with Crippen LogP contribution in [0, 0.1) is 4.91 Å². The third kappa shape index (κ3) is 1.46. The molecule has 0 fully saturated rings. The molecule has 0 N–H and O–H groups in total. The van der Waals surface area contributed by atoms with Crippen molar-refractivity contribution in [3.8, 4) is 0 Å². The molecule has 2 rings (SSSR count). The Morgan fingerprint density at radius 2 is 2.00 bits per heavy atom. The van der Waals surface area contributed by atoms with E-state index in [4.69, 9.17) is 0 Å². The Morgan fingerprint density at radius 3 is 2.62 bits per heavy atom.